The first-order valence-corrected chi connectivity index (χ1v) is 8.18. The largest absolute Gasteiger partial charge is 0.331 e. The number of halogens is 3. The van der Waals surface area contributed by atoms with Crippen LogP contribution in [-0.4, -0.2) is 9.55 Å². The van der Waals surface area contributed by atoms with Gasteiger partial charge in [-0.15, -0.1) is 0 Å². The first kappa shape index (κ1) is 15.0. The lowest BCUT2D eigenvalue weighted by atomic mass is 10.1. The van der Waals surface area contributed by atoms with Crippen molar-refractivity contribution >= 4 is 57.4 Å². The molecular weight excluding hydrogens is 422 g/mol. The maximum absolute atomic E-state index is 13.9. The third kappa shape index (κ3) is 2.74. The van der Waals surface area contributed by atoms with E-state index in [0.717, 1.165) is 16.6 Å². The van der Waals surface area contributed by atoms with E-state index in [1.807, 2.05) is 58.3 Å². The first-order valence-electron chi connectivity index (χ1n) is 6.32. The second-order valence-corrected chi connectivity index (χ2v) is 6.80. The Kier molecular flexibility index (Phi) is 4.07. The van der Waals surface area contributed by atoms with E-state index in [1.54, 1.807) is 6.07 Å². The van der Waals surface area contributed by atoms with Gasteiger partial charge in [0, 0.05) is 11.1 Å². The van der Waals surface area contributed by atoms with Crippen molar-refractivity contribution in [2.24, 2.45) is 0 Å². The molecule has 0 saturated carbocycles. The third-order valence-corrected chi connectivity index (χ3v) is 4.84. The maximum atomic E-state index is 13.9. The lowest BCUT2D eigenvalue weighted by molar-refractivity contribution is 0.616. The number of fused-ring (bicyclic) bond motifs is 1. The van der Waals surface area contributed by atoms with Crippen molar-refractivity contribution in [2.75, 3.05) is 0 Å². The quantitative estimate of drug-likeness (QED) is 0.407. The molecule has 0 aliphatic heterocycles. The predicted molar refractivity (Wildman–Crippen MR) is 95.1 cm³/mol. The van der Waals surface area contributed by atoms with Crippen LogP contribution in [0.25, 0.3) is 11.0 Å². The minimum absolute atomic E-state index is 0.0376. The third-order valence-electron chi connectivity index (χ3n) is 3.48. The molecule has 1 atom stereocenters. The Labute approximate surface area is 145 Å². The Hall–Kier alpha value is -0.920. The molecule has 1 N–H and O–H groups in total. The highest BCUT2D eigenvalue weighted by Gasteiger charge is 2.15. The number of nitrogens with one attached hydrogen (secondary N) is 1. The van der Waals surface area contributed by atoms with Crippen LogP contribution in [0.2, 0.25) is 5.02 Å². The average Bonchev–Trinajstić information content (AvgIpc) is 2.74. The molecule has 3 rings (SSSR count). The van der Waals surface area contributed by atoms with E-state index >= 15 is 0 Å². The fourth-order valence-electron chi connectivity index (χ4n) is 2.42. The van der Waals surface area contributed by atoms with Crippen LogP contribution in [0.1, 0.15) is 18.5 Å². The maximum Gasteiger partial charge on any atom is 0.178 e. The number of hydrogen-bond donors (Lipinski definition) is 1. The normalized spacial score (nSPS) is 12.8. The summed E-state index contributed by atoms with van der Waals surface area (Å²) >= 11 is 13.4. The molecule has 1 heterocycles. The van der Waals surface area contributed by atoms with E-state index < -0.39 is 0 Å². The van der Waals surface area contributed by atoms with Crippen molar-refractivity contribution in [3.63, 3.8) is 0 Å². The van der Waals surface area contributed by atoms with Crippen LogP contribution < -0.4 is 0 Å². The van der Waals surface area contributed by atoms with Crippen LogP contribution in [-0.2, 0) is 0 Å². The van der Waals surface area contributed by atoms with Gasteiger partial charge in [0.1, 0.15) is 5.82 Å². The second kappa shape index (κ2) is 5.70. The molecular formula is C15H11ClFIN2S. The topological polar surface area (TPSA) is 20.7 Å². The molecule has 0 aliphatic rings. The van der Waals surface area contributed by atoms with Gasteiger partial charge in [-0.2, -0.15) is 0 Å². The molecule has 1 aromatic heterocycles. The highest BCUT2D eigenvalue weighted by molar-refractivity contribution is 14.1. The van der Waals surface area contributed by atoms with Gasteiger partial charge in [0.2, 0.25) is 0 Å². The van der Waals surface area contributed by atoms with E-state index in [4.69, 9.17) is 23.8 Å². The number of imidazole rings is 1. The molecule has 0 saturated heterocycles. The van der Waals surface area contributed by atoms with E-state index in [9.17, 15) is 4.39 Å². The van der Waals surface area contributed by atoms with E-state index in [2.05, 4.69) is 4.98 Å². The van der Waals surface area contributed by atoms with Crippen molar-refractivity contribution in [1.29, 1.82) is 0 Å². The minimum atomic E-state index is -0.246. The average molecular weight is 433 g/mol. The van der Waals surface area contributed by atoms with Crippen molar-refractivity contribution in [3.8, 4) is 0 Å². The Balaban J connectivity index is 2.22. The summed E-state index contributed by atoms with van der Waals surface area (Å²) in [5.41, 5.74) is 2.61. The SMILES string of the molecule is CC(c1cccc(Cl)c1)n1c(=S)[nH]c2cc(I)c(F)cc21. The highest BCUT2D eigenvalue weighted by atomic mass is 127. The fraction of sp³-hybridized carbons (Fsp3) is 0.133. The van der Waals surface area contributed by atoms with Crippen LogP contribution in [0, 0.1) is 14.2 Å². The monoisotopic (exact) mass is 432 g/mol. The zero-order valence-electron chi connectivity index (χ0n) is 11.0. The van der Waals surface area contributed by atoms with Gasteiger partial charge in [0.25, 0.3) is 0 Å². The molecule has 2 nitrogen and oxygen atoms in total. The summed E-state index contributed by atoms with van der Waals surface area (Å²) < 4.78 is 16.9. The molecule has 3 aromatic rings. The van der Waals surface area contributed by atoms with Crippen LogP contribution in [0.4, 0.5) is 4.39 Å². The van der Waals surface area contributed by atoms with E-state index in [1.165, 1.54) is 6.07 Å². The summed E-state index contributed by atoms with van der Waals surface area (Å²) in [6, 6.07) is 10.9. The lowest BCUT2D eigenvalue weighted by Crippen LogP contribution is -2.07. The van der Waals surface area contributed by atoms with Gasteiger partial charge in [0.15, 0.2) is 4.77 Å². The standard InChI is InChI=1S/C15H11ClFIN2S/c1-8(9-3-2-4-10(16)5-9)20-14-6-11(17)12(18)7-13(14)19-15(20)21/h2-8H,1H3,(H,19,21). The van der Waals surface area contributed by atoms with Crippen LogP contribution >= 0.6 is 46.4 Å². The number of aromatic amines is 1. The van der Waals surface area contributed by atoms with Gasteiger partial charge in [-0.1, -0.05) is 23.7 Å². The molecule has 2 aromatic carbocycles. The van der Waals surface area contributed by atoms with Gasteiger partial charge < -0.3 is 9.55 Å². The highest BCUT2D eigenvalue weighted by Crippen LogP contribution is 2.28. The summed E-state index contributed by atoms with van der Waals surface area (Å²) in [7, 11) is 0. The van der Waals surface area contributed by atoms with Crippen LogP contribution in [0.5, 0.6) is 0 Å². The molecule has 0 bridgehead atoms. The molecule has 0 spiro atoms. The number of benzene rings is 2. The van der Waals surface area contributed by atoms with Crippen molar-refractivity contribution in [3.05, 3.63) is 61.1 Å². The molecule has 0 amide bonds. The number of nitrogens with zero attached hydrogens (tertiary/aromatic N) is 1. The zero-order valence-corrected chi connectivity index (χ0v) is 14.8. The van der Waals surface area contributed by atoms with Crippen LogP contribution in [0.3, 0.4) is 0 Å². The smallest absolute Gasteiger partial charge is 0.178 e. The zero-order chi connectivity index (χ0) is 15.1. The number of hydrogen-bond acceptors (Lipinski definition) is 1. The van der Waals surface area contributed by atoms with Gasteiger partial charge in [-0.3, -0.25) is 0 Å². The molecule has 6 heteroatoms. The van der Waals surface area contributed by atoms with Crippen molar-refractivity contribution in [2.45, 2.75) is 13.0 Å². The first-order chi connectivity index (χ1) is 9.97. The fourth-order valence-corrected chi connectivity index (χ4v) is 3.45. The van der Waals surface area contributed by atoms with Gasteiger partial charge in [0.05, 0.1) is 20.6 Å². The summed E-state index contributed by atoms with van der Waals surface area (Å²) in [5.74, 6) is -0.246. The second-order valence-electron chi connectivity index (χ2n) is 4.81. The van der Waals surface area contributed by atoms with Gasteiger partial charge >= 0.3 is 0 Å². The summed E-state index contributed by atoms with van der Waals surface area (Å²) in [6.07, 6.45) is 0. The molecule has 0 aliphatic carbocycles. The summed E-state index contributed by atoms with van der Waals surface area (Å²) in [4.78, 5) is 3.13. The Morgan fingerprint density at radius 2 is 2.10 bits per heavy atom. The Bertz CT molecular complexity index is 887. The molecule has 0 radical (unpaired) electrons. The molecule has 1 unspecified atom stereocenters. The predicted octanol–water partition coefficient (Wildman–Crippen LogP) is 5.71. The Morgan fingerprint density at radius 3 is 2.81 bits per heavy atom. The van der Waals surface area contributed by atoms with Crippen molar-refractivity contribution < 1.29 is 4.39 Å². The number of aromatic nitrogens is 2. The minimum Gasteiger partial charge on any atom is -0.331 e. The van der Waals surface area contributed by atoms with Gasteiger partial charge in [-0.05, 0) is 65.5 Å². The number of rotatable bonds is 2. The van der Waals surface area contributed by atoms with Gasteiger partial charge in [-0.25, -0.2) is 4.39 Å². The van der Waals surface area contributed by atoms with E-state index in [0.29, 0.717) is 13.4 Å². The molecule has 21 heavy (non-hydrogen) atoms. The number of H-pyrrole nitrogens is 1. The van der Waals surface area contributed by atoms with Crippen molar-refractivity contribution in [1.82, 2.24) is 9.55 Å². The van der Waals surface area contributed by atoms with Crippen LogP contribution in [0.15, 0.2) is 36.4 Å². The summed E-state index contributed by atoms with van der Waals surface area (Å²) in [6.45, 7) is 2.02. The summed E-state index contributed by atoms with van der Waals surface area (Å²) in [5, 5.41) is 0.673. The molecule has 0 fully saturated rings. The lowest BCUT2D eigenvalue weighted by Gasteiger charge is -2.15. The molecule has 108 valence electrons. The van der Waals surface area contributed by atoms with E-state index in [-0.39, 0.29) is 11.9 Å². The Morgan fingerprint density at radius 1 is 1.33 bits per heavy atom.